The highest BCUT2D eigenvalue weighted by atomic mass is 35.5. The number of hydrogen-bond donors (Lipinski definition) is 1. The summed E-state index contributed by atoms with van der Waals surface area (Å²) in [5, 5.41) is 3.54. The average Bonchev–Trinajstić information content (AvgIpc) is 2.92. The highest BCUT2D eigenvalue weighted by Crippen LogP contribution is 2.44. The molecular weight excluding hydrogens is 300 g/mol. The molecule has 0 bridgehead atoms. The molecular formula is C17H27ClN2S. The van der Waals surface area contributed by atoms with Crippen molar-refractivity contribution in [3.8, 4) is 0 Å². The largest absolute Gasteiger partial charge is 0.311 e. The Bertz CT molecular complexity index is 430. The van der Waals surface area contributed by atoms with Crippen molar-refractivity contribution in [3.05, 3.63) is 21.3 Å². The molecule has 0 aromatic carbocycles. The van der Waals surface area contributed by atoms with Crippen LogP contribution in [0.4, 0.5) is 0 Å². The van der Waals surface area contributed by atoms with Crippen LogP contribution < -0.4 is 5.32 Å². The summed E-state index contributed by atoms with van der Waals surface area (Å²) in [6.07, 6.45) is 10.3. The smallest absolute Gasteiger partial charge is 0.0931 e. The molecule has 1 N–H and O–H groups in total. The second kappa shape index (κ2) is 7.45. The summed E-state index contributed by atoms with van der Waals surface area (Å²) < 4.78 is 0.889. The minimum atomic E-state index is 0.732. The Morgan fingerprint density at radius 3 is 2.52 bits per heavy atom. The van der Waals surface area contributed by atoms with Crippen molar-refractivity contribution in [2.75, 3.05) is 26.2 Å². The van der Waals surface area contributed by atoms with Gasteiger partial charge < -0.3 is 10.2 Å². The number of likely N-dealkylation sites (tertiary alicyclic amines) is 1. The topological polar surface area (TPSA) is 15.3 Å². The SMILES string of the molecule is Clc1ccc(CNCCN2CCC3(CCCCC3)CC2)s1. The van der Waals surface area contributed by atoms with Crippen molar-refractivity contribution in [2.24, 2.45) is 5.41 Å². The maximum Gasteiger partial charge on any atom is 0.0931 e. The van der Waals surface area contributed by atoms with Gasteiger partial charge >= 0.3 is 0 Å². The molecule has 1 aliphatic carbocycles. The van der Waals surface area contributed by atoms with Crippen molar-refractivity contribution < 1.29 is 0 Å². The molecule has 21 heavy (non-hydrogen) atoms. The molecule has 118 valence electrons. The van der Waals surface area contributed by atoms with Gasteiger partial charge in [-0.3, -0.25) is 0 Å². The van der Waals surface area contributed by atoms with Gasteiger partial charge in [0, 0.05) is 24.5 Å². The number of nitrogens with zero attached hydrogens (tertiary/aromatic N) is 1. The second-order valence-corrected chi connectivity index (χ2v) is 8.58. The Morgan fingerprint density at radius 1 is 1.10 bits per heavy atom. The van der Waals surface area contributed by atoms with Crippen LogP contribution in [0.1, 0.15) is 49.8 Å². The monoisotopic (exact) mass is 326 g/mol. The normalized spacial score (nSPS) is 22.7. The maximum atomic E-state index is 5.95. The molecule has 0 unspecified atom stereocenters. The summed E-state index contributed by atoms with van der Waals surface area (Å²) in [5.41, 5.74) is 0.732. The molecule has 1 aromatic heterocycles. The molecule has 0 amide bonds. The second-order valence-electron chi connectivity index (χ2n) is 6.78. The Hall–Kier alpha value is -0.0900. The van der Waals surface area contributed by atoms with Crippen LogP contribution in [0.5, 0.6) is 0 Å². The average molecular weight is 327 g/mol. The first-order valence-electron chi connectivity index (χ1n) is 8.43. The van der Waals surface area contributed by atoms with Gasteiger partial charge in [0.25, 0.3) is 0 Å². The molecule has 4 heteroatoms. The summed E-state index contributed by atoms with van der Waals surface area (Å²) in [4.78, 5) is 3.98. The standard InChI is InChI=1S/C17H27ClN2S/c18-16-5-4-15(21-16)14-19-10-13-20-11-8-17(9-12-20)6-2-1-3-7-17/h4-5,19H,1-3,6-14H2. The summed E-state index contributed by atoms with van der Waals surface area (Å²) >= 11 is 7.63. The third-order valence-electron chi connectivity index (χ3n) is 5.36. The Balaban J connectivity index is 1.32. The van der Waals surface area contributed by atoms with Crippen molar-refractivity contribution in [1.29, 1.82) is 0 Å². The molecule has 1 aromatic rings. The van der Waals surface area contributed by atoms with Crippen molar-refractivity contribution in [2.45, 2.75) is 51.5 Å². The lowest BCUT2D eigenvalue weighted by atomic mass is 9.68. The van der Waals surface area contributed by atoms with Gasteiger partial charge in [0.05, 0.1) is 4.34 Å². The fraction of sp³-hybridized carbons (Fsp3) is 0.765. The highest BCUT2D eigenvalue weighted by molar-refractivity contribution is 7.16. The molecule has 1 saturated carbocycles. The van der Waals surface area contributed by atoms with Gasteiger partial charge in [0.1, 0.15) is 0 Å². The van der Waals surface area contributed by atoms with Crippen LogP contribution in [-0.4, -0.2) is 31.1 Å². The highest BCUT2D eigenvalue weighted by Gasteiger charge is 2.35. The summed E-state index contributed by atoms with van der Waals surface area (Å²) in [5.74, 6) is 0. The number of piperidine rings is 1. The number of nitrogens with one attached hydrogen (secondary N) is 1. The van der Waals surface area contributed by atoms with E-state index < -0.39 is 0 Å². The Labute approximate surface area is 137 Å². The van der Waals surface area contributed by atoms with Gasteiger partial charge in [-0.05, 0) is 56.3 Å². The first-order valence-corrected chi connectivity index (χ1v) is 9.63. The van der Waals surface area contributed by atoms with E-state index >= 15 is 0 Å². The maximum absolute atomic E-state index is 5.95. The van der Waals surface area contributed by atoms with Gasteiger partial charge in [0.15, 0.2) is 0 Å². The van der Waals surface area contributed by atoms with Crippen LogP contribution in [-0.2, 0) is 6.54 Å². The van der Waals surface area contributed by atoms with Gasteiger partial charge in [-0.15, -0.1) is 11.3 Å². The minimum Gasteiger partial charge on any atom is -0.311 e. The Kier molecular flexibility index (Phi) is 5.60. The van der Waals surface area contributed by atoms with E-state index in [1.54, 1.807) is 11.3 Å². The third-order valence-corrected chi connectivity index (χ3v) is 6.59. The van der Waals surface area contributed by atoms with Crippen molar-refractivity contribution in [1.82, 2.24) is 10.2 Å². The fourth-order valence-electron chi connectivity index (χ4n) is 3.95. The zero-order valence-electron chi connectivity index (χ0n) is 12.9. The predicted molar refractivity (Wildman–Crippen MR) is 92.2 cm³/mol. The molecule has 1 spiro atoms. The van der Waals surface area contributed by atoms with Gasteiger partial charge in [-0.1, -0.05) is 30.9 Å². The lowest BCUT2D eigenvalue weighted by Crippen LogP contribution is -2.43. The van der Waals surface area contributed by atoms with E-state index in [4.69, 9.17) is 11.6 Å². The Morgan fingerprint density at radius 2 is 1.86 bits per heavy atom. The number of halogens is 1. The molecule has 1 saturated heterocycles. The molecule has 2 aliphatic rings. The van der Waals surface area contributed by atoms with Crippen molar-refractivity contribution in [3.63, 3.8) is 0 Å². The number of hydrogen-bond acceptors (Lipinski definition) is 3. The summed E-state index contributed by atoms with van der Waals surface area (Å²) in [7, 11) is 0. The third kappa shape index (κ3) is 4.44. The van der Waals surface area contributed by atoms with E-state index in [1.165, 1.54) is 69.5 Å². The van der Waals surface area contributed by atoms with Crippen molar-refractivity contribution >= 4 is 22.9 Å². The molecule has 2 fully saturated rings. The lowest BCUT2D eigenvalue weighted by molar-refractivity contribution is 0.0683. The quantitative estimate of drug-likeness (QED) is 0.799. The molecule has 0 atom stereocenters. The van der Waals surface area contributed by atoms with Crippen LogP contribution in [0, 0.1) is 5.41 Å². The summed E-state index contributed by atoms with van der Waals surface area (Å²) in [6, 6.07) is 4.10. The fourth-order valence-corrected chi connectivity index (χ4v) is 5.01. The van der Waals surface area contributed by atoms with E-state index in [1.807, 2.05) is 6.07 Å². The predicted octanol–water partition coefficient (Wildman–Crippen LogP) is 4.54. The first-order chi connectivity index (χ1) is 10.3. The number of rotatable bonds is 5. The number of thiophene rings is 1. The van der Waals surface area contributed by atoms with Crippen LogP contribution in [0.3, 0.4) is 0 Å². The molecule has 3 rings (SSSR count). The molecule has 1 aliphatic heterocycles. The van der Waals surface area contributed by atoms with Crippen LogP contribution in [0.25, 0.3) is 0 Å². The van der Waals surface area contributed by atoms with E-state index in [2.05, 4.69) is 16.3 Å². The zero-order valence-corrected chi connectivity index (χ0v) is 14.4. The molecule has 2 nitrogen and oxygen atoms in total. The first kappa shape index (κ1) is 15.8. The van der Waals surface area contributed by atoms with E-state index in [0.717, 1.165) is 22.8 Å². The van der Waals surface area contributed by atoms with Crippen LogP contribution >= 0.6 is 22.9 Å². The molecule has 2 heterocycles. The van der Waals surface area contributed by atoms with Crippen LogP contribution in [0.15, 0.2) is 12.1 Å². The molecule has 0 radical (unpaired) electrons. The lowest BCUT2D eigenvalue weighted by Gasteiger charge is -2.44. The van der Waals surface area contributed by atoms with Gasteiger partial charge in [0.2, 0.25) is 0 Å². The summed E-state index contributed by atoms with van der Waals surface area (Å²) in [6.45, 7) is 5.85. The van der Waals surface area contributed by atoms with E-state index in [9.17, 15) is 0 Å². The van der Waals surface area contributed by atoms with E-state index in [0.29, 0.717) is 0 Å². The van der Waals surface area contributed by atoms with E-state index in [-0.39, 0.29) is 0 Å². The van der Waals surface area contributed by atoms with Crippen LogP contribution in [0.2, 0.25) is 4.34 Å². The minimum absolute atomic E-state index is 0.732. The van der Waals surface area contributed by atoms with Gasteiger partial charge in [-0.25, -0.2) is 0 Å². The van der Waals surface area contributed by atoms with Gasteiger partial charge in [-0.2, -0.15) is 0 Å². The zero-order chi connectivity index (χ0) is 14.5.